The van der Waals surface area contributed by atoms with Crippen molar-refractivity contribution in [1.29, 1.82) is 0 Å². The predicted octanol–water partition coefficient (Wildman–Crippen LogP) is 3.17. The molecule has 0 bridgehead atoms. The molecule has 2 fully saturated rings. The van der Waals surface area contributed by atoms with E-state index in [2.05, 4.69) is 10.1 Å². The van der Waals surface area contributed by atoms with Crippen LogP contribution in [0.2, 0.25) is 0 Å². The van der Waals surface area contributed by atoms with E-state index >= 15 is 0 Å². The van der Waals surface area contributed by atoms with Crippen LogP contribution in [0.4, 0.5) is 8.78 Å². The van der Waals surface area contributed by atoms with E-state index in [-0.39, 0.29) is 23.7 Å². The van der Waals surface area contributed by atoms with Crippen LogP contribution < -0.4 is 0 Å². The first-order valence-corrected chi connectivity index (χ1v) is 8.57. The lowest BCUT2D eigenvalue weighted by Gasteiger charge is -2.31. The molecule has 2 aliphatic rings. The van der Waals surface area contributed by atoms with Crippen LogP contribution in [0, 0.1) is 24.5 Å². The number of likely N-dealkylation sites (tertiary alicyclic amines) is 1. The molecule has 2 aromatic rings. The number of aromatic nitrogens is 2. The molecule has 2 heterocycles. The highest BCUT2D eigenvalue weighted by Gasteiger charge is 2.47. The zero-order valence-electron chi connectivity index (χ0n) is 13.9. The smallest absolute Gasteiger partial charge is 0.226 e. The Morgan fingerprint density at radius 1 is 1.36 bits per heavy atom. The minimum Gasteiger partial charge on any atom is -0.342 e. The molecular formula is C18H19F2N3O2. The van der Waals surface area contributed by atoms with Gasteiger partial charge in [-0.15, -0.1) is 0 Å². The fourth-order valence-corrected chi connectivity index (χ4v) is 3.72. The number of piperidine rings is 1. The molecule has 0 unspecified atom stereocenters. The number of carbonyl (C=O) groups is 1. The van der Waals surface area contributed by atoms with Crippen LogP contribution in [-0.4, -0.2) is 34.0 Å². The summed E-state index contributed by atoms with van der Waals surface area (Å²) in [4.78, 5) is 18.8. The van der Waals surface area contributed by atoms with Gasteiger partial charge in [0.05, 0.1) is 0 Å². The summed E-state index contributed by atoms with van der Waals surface area (Å²) in [5.41, 5.74) is 0.306. The number of halogens is 2. The molecule has 25 heavy (non-hydrogen) atoms. The van der Waals surface area contributed by atoms with Crippen molar-refractivity contribution < 1.29 is 18.1 Å². The Balaban J connectivity index is 1.44. The Morgan fingerprint density at radius 2 is 2.20 bits per heavy atom. The second kappa shape index (κ2) is 6.20. The van der Waals surface area contributed by atoms with Crippen molar-refractivity contribution in [3.8, 4) is 0 Å². The number of amides is 1. The summed E-state index contributed by atoms with van der Waals surface area (Å²) in [6.07, 6.45) is 2.35. The SMILES string of the molecule is Cc1nc([C@@H]2CCCN(C(=O)[C@H]3C[C@H]3c3cccc(F)c3F)C2)no1. The number of hydrogen-bond donors (Lipinski definition) is 0. The zero-order valence-corrected chi connectivity index (χ0v) is 13.9. The first kappa shape index (κ1) is 16.2. The van der Waals surface area contributed by atoms with Gasteiger partial charge in [0.15, 0.2) is 17.5 Å². The van der Waals surface area contributed by atoms with Crippen molar-refractivity contribution in [2.24, 2.45) is 5.92 Å². The largest absolute Gasteiger partial charge is 0.342 e. The van der Waals surface area contributed by atoms with E-state index in [4.69, 9.17) is 4.52 Å². The van der Waals surface area contributed by atoms with Crippen molar-refractivity contribution in [2.75, 3.05) is 13.1 Å². The normalized spacial score (nSPS) is 25.9. The van der Waals surface area contributed by atoms with E-state index in [1.807, 2.05) is 4.90 Å². The van der Waals surface area contributed by atoms with Crippen molar-refractivity contribution in [1.82, 2.24) is 15.0 Å². The summed E-state index contributed by atoms with van der Waals surface area (Å²) in [6.45, 7) is 2.97. The van der Waals surface area contributed by atoms with E-state index in [0.717, 1.165) is 18.9 Å². The van der Waals surface area contributed by atoms with E-state index in [1.54, 1.807) is 13.0 Å². The number of hydrogen-bond acceptors (Lipinski definition) is 4. The highest BCUT2D eigenvalue weighted by Crippen LogP contribution is 2.49. The van der Waals surface area contributed by atoms with Gasteiger partial charge in [0.25, 0.3) is 0 Å². The molecule has 1 aliphatic heterocycles. The lowest BCUT2D eigenvalue weighted by molar-refractivity contribution is -0.133. The van der Waals surface area contributed by atoms with Gasteiger partial charge in [0.2, 0.25) is 11.8 Å². The van der Waals surface area contributed by atoms with Crippen LogP contribution in [0.15, 0.2) is 22.7 Å². The average molecular weight is 347 g/mol. The second-order valence-corrected chi connectivity index (χ2v) is 6.89. The quantitative estimate of drug-likeness (QED) is 0.856. The number of benzene rings is 1. The molecule has 5 nitrogen and oxygen atoms in total. The maximum atomic E-state index is 13.9. The molecule has 1 saturated carbocycles. The standard InChI is InChI=1S/C18H19F2N3O2/c1-10-21-17(22-25-10)11-4-3-7-23(9-11)18(24)14-8-13(14)12-5-2-6-15(19)16(12)20/h2,5-6,11,13-14H,3-4,7-9H2,1H3/t11-,13+,14+/m1/s1. The molecule has 1 aromatic carbocycles. The topological polar surface area (TPSA) is 59.2 Å². The third-order valence-electron chi connectivity index (χ3n) is 5.13. The number of rotatable bonds is 3. The number of aryl methyl sites for hydroxylation is 1. The van der Waals surface area contributed by atoms with Crippen LogP contribution >= 0.6 is 0 Å². The molecule has 0 spiro atoms. The van der Waals surface area contributed by atoms with Crippen molar-refractivity contribution in [2.45, 2.75) is 38.0 Å². The van der Waals surface area contributed by atoms with Gasteiger partial charge in [-0.2, -0.15) is 4.98 Å². The van der Waals surface area contributed by atoms with Gasteiger partial charge in [0.1, 0.15) is 0 Å². The first-order chi connectivity index (χ1) is 12.0. The van der Waals surface area contributed by atoms with Crippen LogP contribution in [-0.2, 0) is 4.79 Å². The van der Waals surface area contributed by atoms with Crippen LogP contribution in [0.5, 0.6) is 0 Å². The monoisotopic (exact) mass is 347 g/mol. The van der Waals surface area contributed by atoms with E-state index < -0.39 is 11.6 Å². The molecule has 0 N–H and O–H groups in total. The third kappa shape index (κ3) is 3.03. The molecule has 132 valence electrons. The summed E-state index contributed by atoms with van der Waals surface area (Å²) in [6, 6.07) is 4.15. The fourth-order valence-electron chi connectivity index (χ4n) is 3.72. The summed E-state index contributed by atoms with van der Waals surface area (Å²) in [5, 5.41) is 3.96. The molecule has 3 atom stereocenters. The molecule has 1 aliphatic carbocycles. The Hall–Kier alpha value is -2.31. The van der Waals surface area contributed by atoms with Gasteiger partial charge < -0.3 is 9.42 Å². The Kier molecular flexibility index (Phi) is 4.01. The minimum atomic E-state index is -0.860. The van der Waals surface area contributed by atoms with Gasteiger partial charge >= 0.3 is 0 Å². The maximum absolute atomic E-state index is 13.9. The average Bonchev–Trinajstić information content (AvgIpc) is 3.29. The fraction of sp³-hybridized carbons (Fsp3) is 0.500. The van der Waals surface area contributed by atoms with Gasteiger partial charge in [-0.3, -0.25) is 4.79 Å². The van der Waals surface area contributed by atoms with Crippen LogP contribution in [0.1, 0.15) is 48.4 Å². The van der Waals surface area contributed by atoms with Crippen molar-refractivity contribution >= 4 is 5.91 Å². The van der Waals surface area contributed by atoms with E-state index in [9.17, 15) is 13.6 Å². The third-order valence-corrected chi connectivity index (χ3v) is 5.13. The van der Waals surface area contributed by atoms with Gasteiger partial charge in [-0.1, -0.05) is 17.3 Å². The van der Waals surface area contributed by atoms with Gasteiger partial charge in [0, 0.05) is 31.8 Å². The number of carbonyl (C=O) groups excluding carboxylic acids is 1. The first-order valence-electron chi connectivity index (χ1n) is 8.57. The Labute approximate surface area is 144 Å². The number of nitrogens with zero attached hydrogens (tertiary/aromatic N) is 3. The van der Waals surface area contributed by atoms with Gasteiger partial charge in [-0.05, 0) is 36.8 Å². The predicted molar refractivity (Wildman–Crippen MR) is 84.8 cm³/mol. The summed E-state index contributed by atoms with van der Waals surface area (Å²) in [5.74, 6) is -0.946. The second-order valence-electron chi connectivity index (χ2n) is 6.89. The molecule has 1 aromatic heterocycles. The minimum absolute atomic E-state index is 0.0126. The molecule has 1 saturated heterocycles. The van der Waals surface area contributed by atoms with Crippen LogP contribution in [0.3, 0.4) is 0 Å². The summed E-state index contributed by atoms with van der Waals surface area (Å²) in [7, 11) is 0. The highest BCUT2D eigenvalue weighted by atomic mass is 19.2. The Morgan fingerprint density at radius 3 is 2.96 bits per heavy atom. The van der Waals surface area contributed by atoms with E-state index in [0.29, 0.717) is 36.8 Å². The molecular weight excluding hydrogens is 328 g/mol. The van der Waals surface area contributed by atoms with Crippen molar-refractivity contribution in [3.05, 3.63) is 47.1 Å². The van der Waals surface area contributed by atoms with E-state index in [1.165, 1.54) is 6.07 Å². The molecule has 1 amide bonds. The highest BCUT2D eigenvalue weighted by molar-refractivity contribution is 5.83. The lowest BCUT2D eigenvalue weighted by Crippen LogP contribution is -2.40. The maximum Gasteiger partial charge on any atom is 0.226 e. The van der Waals surface area contributed by atoms with Crippen molar-refractivity contribution in [3.63, 3.8) is 0 Å². The van der Waals surface area contributed by atoms with Gasteiger partial charge in [-0.25, -0.2) is 8.78 Å². The lowest BCUT2D eigenvalue weighted by atomic mass is 9.96. The Bertz CT molecular complexity index is 807. The summed E-state index contributed by atoms with van der Waals surface area (Å²) < 4.78 is 32.4. The zero-order chi connectivity index (χ0) is 17.6. The molecule has 0 radical (unpaired) electrons. The molecule has 4 rings (SSSR count). The molecule has 7 heteroatoms. The van der Waals surface area contributed by atoms with Crippen LogP contribution in [0.25, 0.3) is 0 Å². The summed E-state index contributed by atoms with van der Waals surface area (Å²) >= 11 is 0.